The number of aliphatic hydroxyl groups is 1. The Hall–Kier alpha value is -3.85. The van der Waals surface area contributed by atoms with E-state index in [-0.39, 0.29) is 18.7 Å². The molecule has 0 saturated heterocycles. The normalized spacial score (nSPS) is 12.1. The number of aryl methyl sites for hydroxylation is 1. The molecular formula is C24H27N3O6. The van der Waals surface area contributed by atoms with Gasteiger partial charge < -0.3 is 19.7 Å². The second kappa shape index (κ2) is 11.1. The molecule has 0 radical (unpaired) electrons. The Morgan fingerprint density at radius 1 is 1.06 bits per heavy atom. The van der Waals surface area contributed by atoms with E-state index in [9.17, 15) is 19.8 Å². The second-order valence-corrected chi connectivity index (χ2v) is 7.39. The maximum absolute atomic E-state index is 12.3. The van der Waals surface area contributed by atoms with Crippen LogP contribution in [0.15, 0.2) is 63.1 Å². The van der Waals surface area contributed by atoms with Gasteiger partial charge in [-0.3, -0.25) is 19.3 Å². The van der Waals surface area contributed by atoms with E-state index in [4.69, 9.17) is 9.47 Å². The van der Waals surface area contributed by atoms with Gasteiger partial charge in [-0.1, -0.05) is 36.4 Å². The van der Waals surface area contributed by atoms with Crippen molar-refractivity contribution < 1.29 is 19.7 Å². The van der Waals surface area contributed by atoms with E-state index in [0.29, 0.717) is 24.3 Å². The molecule has 2 aromatic carbocycles. The van der Waals surface area contributed by atoms with Crippen molar-refractivity contribution in [1.29, 1.82) is 0 Å². The molecule has 3 N–H and O–H groups in total. The Morgan fingerprint density at radius 2 is 1.79 bits per heavy atom. The van der Waals surface area contributed by atoms with E-state index < -0.39 is 23.2 Å². The third kappa shape index (κ3) is 5.89. The smallest absolute Gasteiger partial charge is 0.331 e. The van der Waals surface area contributed by atoms with Crippen molar-refractivity contribution in [3.8, 4) is 17.4 Å². The monoisotopic (exact) mass is 453 g/mol. The first-order chi connectivity index (χ1) is 16.0. The topological polar surface area (TPSA) is 126 Å². The molecule has 1 atom stereocenters. The fourth-order valence-corrected chi connectivity index (χ4v) is 3.41. The van der Waals surface area contributed by atoms with E-state index >= 15 is 0 Å². The number of rotatable bonds is 10. The summed E-state index contributed by atoms with van der Waals surface area (Å²) in [5.74, 6) is 0.649. The Morgan fingerprint density at radius 3 is 2.45 bits per heavy atom. The first-order valence-corrected chi connectivity index (χ1v) is 10.4. The quantitative estimate of drug-likeness (QED) is 0.400. The molecular weight excluding hydrogens is 426 g/mol. The molecule has 0 aliphatic heterocycles. The molecule has 0 aliphatic carbocycles. The number of nitrogens with zero attached hydrogens (tertiary/aromatic N) is 2. The van der Waals surface area contributed by atoms with Crippen molar-refractivity contribution in [1.82, 2.24) is 9.55 Å². The predicted octanol–water partition coefficient (Wildman–Crippen LogP) is 1.52. The van der Waals surface area contributed by atoms with Crippen LogP contribution in [-0.2, 0) is 19.4 Å². The lowest BCUT2D eigenvalue weighted by atomic mass is 10.1. The average Bonchev–Trinajstić information content (AvgIpc) is 2.83. The van der Waals surface area contributed by atoms with Gasteiger partial charge in [0.2, 0.25) is 5.88 Å². The van der Waals surface area contributed by atoms with E-state index in [1.54, 1.807) is 19.2 Å². The number of methoxy groups -OCH3 is 2. The minimum atomic E-state index is -0.750. The van der Waals surface area contributed by atoms with Gasteiger partial charge in [0.15, 0.2) is 11.5 Å². The summed E-state index contributed by atoms with van der Waals surface area (Å²) in [4.78, 5) is 31.1. The number of aromatic hydroxyl groups is 1. The van der Waals surface area contributed by atoms with Crippen molar-refractivity contribution in [2.24, 2.45) is 4.99 Å². The van der Waals surface area contributed by atoms with Crippen LogP contribution in [0.5, 0.6) is 17.4 Å². The van der Waals surface area contributed by atoms with Crippen LogP contribution in [0.1, 0.15) is 16.7 Å². The molecule has 3 rings (SSSR count). The summed E-state index contributed by atoms with van der Waals surface area (Å²) in [6, 6.07) is 14.4. The fourth-order valence-electron chi connectivity index (χ4n) is 3.41. The van der Waals surface area contributed by atoms with Gasteiger partial charge in [-0.05, 0) is 36.1 Å². The van der Waals surface area contributed by atoms with Crippen molar-refractivity contribution in [2.75, 3.05) is 20.8 Å². The molecule has 0 saturated carbocycles. The van der Waals surface area contributed by atoms with Crippen LogP contribution in [-0.4, -0.2) is 52.8 Å². The lowest BCUT2D eigenvalue weighted by Crippen LogP contribution is -2.33. The molecule has 0 bridgehead atoms. The average molecular weight is 453 g/mol. The number of benzene rings is 2. The summed E-state index contributed by atoms with van der Waals surface area (Å²) < 4.78 is 11.6. The van der Waals surface area contributed by atoms with Gasteiger partial charge in [-0.25, -0.2) is 4.79 Å². The van der Waals surface area contributed by atoms with Crippen molar-refractivity contribution in [2.45, 2.75) is 25.4 Å². The Balaban J connectivity index is 1.81. The Kier molecular flexibility index (Phi) is 8.04. The highest BCUT2D eigenvalue weighted by atomic mass is 16.5. The number of aromatic amines is 1. The van der Waals surface area contributed by atoms with Gasteiger partial charge in [0.05, 0.1) is 26.9 Å². The summed E-state index contributed by atoms with van der Waals surface area (Å²) in [6.45, 7) is -0.117. The molecule has 0 amide bonds. The highest BCUT2D eigenvalue weighted by molar-refractivity contribution is 5.82. The van der Waals surface area contributed by atoms with Gasteiger partial charge in [0.25, 0.3) is 5.56 Å². The van der Waals surface area contributed by atoms with E-state index in [1.807, 2.05) is 36.4 Å². The number of ether oxygens (including phenoxy) is 2. The lowest BCUT2D eigenvalue weighted by molar-refractivity contribution is 0.266. The largest absolute Gasteiger partial charge is 0.494 e. The maximum atomic E-state index is 12.3. The molecule has 174 valence electrons. The molecule has 33 heavy (non-hydrogen) atoms. The standard InChI is InChI=1S/C24H27N3O6/c1-32-20-9-8-17(13-21(20)33-2)10-11-27-23(30)19(22(29)26-24(27)31)14-25-18(15-28)12-16-6-4-3-5-7-16/h3-9,13-14,18,28,30H,10-12,15H2,1-2H3,(H,26,29,31)/t18-/m1/s1. The molecule has 3 aromatic rings. The highest BCUT2D eigenvalue weighted by Gasteiger charge is 2.14. The summed E-state index contributed by atoms with van der Waals surface area (Å²) in [5.41, 5.74) is 0.210. The van der Waals surface area contributed by atoms with Crippen LogP contribution in [0.25, 0.3) is 0 Å². The van der Waals surface area contributed by atoms with Gasteiger partial charge in [-0.15, -0.1) is 0 Å². The van der Waals surface area contributed by atoms with Gasteiger partial charge in [0, 0.05) is 12.8 Å². The maximum Gasteiger partial charge on any atom is 0.331 e. The highest BCUT2D eigenvalue weighted by Crippen LogP contribution is 2.27. The fraction of sp³-hybridized carbons (Fsp3) is 0.292. The first-order valence-electron chi connectivity index (χ1n) is 10.4. The van der Waals surface area contributed by atoms with Crippen LogP contribution in [0.3, 0.4) is 0 Å². The predicted molar refractivity (Wildman–Crippen MR) is 125 cm³/mol. The molecule has 0 aliphatic rings. The van der Waals surface area contributed by atoms with Gasteiger partial charge in [0.1, 0.15) is 5.56 Å². The summed E-state index contributed by atoms with van der Waals surface area (Å²) in [5, 5.41) is 20.3. The second-order valence-electron chi connectivity index (χ2n) is 7.39. The SMILES string of the molecule is COc1ccc(CCn2c(O)c(C=N[C@@H](CO)Cc3ccccc3)c(=O)[nH]c2=O)cc1OC. The van der Waals surface area contributed by atoms with Crippen LogP contribution in [0, 0.1) is 0 Å². The van der Waals surface area contributed by atoms with Crippen molar-refractivity contribution in [3.63, 3.8) is 0 Å². The minimum Gasteiger partial charge on any atom is -0.494 e. The van der Waals surface area contributed by atoms with E-state index in [1.165, 1.54) is 13.3 Å². The lowest BCUT2D eigenvalue weighted by Gasteiger charge is -2.12. The Bertz CT molecular complexity index is 1220. The summed E-state index contributed by atoms with van der Waals surface area (Å²) >= 11 is 0. The van der Waals surface area contributed by atoms with Crippen LogP contribution < -0.4 is 20.7 Å². The van der Waals surface area contributed by atoms with Crippen molar-refractivity contribution in [3.05, 3.63) is 86.1 Å². The molecule has 1 aromatic heterocycles. The third-order valence-electron chi connectivity index (χ3n) is 5.22. The van der Waals surface area contributed by atoms with E-state index in [0.717, 1.165) is 15.7 Å². The minimum absolute atomic E-state index is 0.116. The molecule has 0 unspecified atom stereocenters. The zero-order valence-corrected chi connectivity index (χ0v) is 18.5. The molecule has 9 heteroatoms. The summed E-state index contributed by atoms with van der Waals surface area (Å²) in [6.07, 6.45) is 2.06. The van der Waals surface area contributed by atoms with Gasteiger partial charge >= 0.3 is 5.69 Å². The number of aliphatic hydroxyl groups excluding tert-OH is 1. The van der Waals surface area contributed by atoms with Crippen LogP contribution >= 0.6 is 0 Å². The third-order valence-corrected chi connectivity index (χ3v) is 5.22. The first kappa shape index (κ1) is 23.8. The van der Waals surface area contributed by atoms with Crippen LogP contribution in [0.2, 0.25) is 0 Å². The zero-order valence-electron chi connectivity index (χ0n) is 18.5. The number of nitrogens with one attached hydrogen (secondary N) is 1. The summed E-state index contributed by atoms with van der Waals surface area (Å²) in [7, 11) is 3.07. The van der Waals surface area contributed by atoms with Gasteiger partial charge in [-0.2, -0.15) is 0 Å². The van der Waals surface area contributed by atoms with Crippen LogP contribution in [0.4, 0.5) is 0 Å². The zero-order chi connectivity index (χ0) is 23.8. The number of H-pyrrole nitrogens is 1. The number of aliphatic imine (C=N–C) groups is 1. The molecule has 0 fully saturated rings. The Labute approximate surface area is 190 Å². The number of hydrogen-bond donors (Lipinski definition) is 3. The number of hydrogen-bond acceptors (Lipinski definition) is 7. The van der Waals surface area contributed by atoms with Crippen molar-refractivity contribution >= 4 is 6.21 Å². The number of aromatic nitrogens is 2. The molecule has 9 nitrogen and oxygen atoms in total. The molecule has 0 spiro atoms. The van der Waals surface area contributed by atoms with E-state index in [2.05, 4.69) is 9.98 Å². The molecule has 1 heterocycles.